The molecule has 0 aliphatic heterocycles. The molecule has 23 heavy (non-hydrogen) atoms. The molecule has 0 bridgehead atoms. The van der Waals surface area contributed by atoms with Crippen molar-refractivity contribution < 1.29 is 4.79 Å². The lowest BCUT2D eigenvalue weighted by atomic mass is 10.1. The first kappa shape index (κ1) is 16.1. The molecule has 0 spiro atoms. The fraction of sp³-hybridized carbons (Fsp3) is 0.278. The van der Waals surface area contributed by atoms with Crippen LogP contribution in [0.2, 0.25) is 5.02 Å². The Labute approximate surface area is 144 Å². The van der Waals surface area contributed by atoms with Crippen LogP contribution in [0.15, 0.2) is 41.8 Å². The smallest absolute Gasteiger partial charge is 0.267 e. The van der Waals surface area contributed by atoms with E-state index in [0.717, 1.165) is 32.9 Å². The zero-order chi connectivity index (χ0) is 16.4. The van der Waals surface area contributed by atoms with E-state index in [-0.39, 0.29) is 11.9 Å². The standard InChI is InChI=1S/C18H19ClN2OS/c1-12(2)21-15-8-10-23-17(15)11-16(21)18(22)20-9-7-13-5-3-4-6-14(13)19/h3-6,8,10-12H,7,9H2,1-2H3,(H,20,22). The van der Waals surface area contributed by atoms with Gasteiger partial charge < -0.3 is 9.88 Å². The number of benzene rings is 1. The van der Waals surface area contributed by atoms with E-state index in [1.54, 1.807) is 11.3 Å². The fourth-order valence-electron chi connectivity index (χ4n) is 2.78. The number of thiophene rings is 1. The molecule has 5 heteroatoms. The monoisotopic (exact) mass is 346 g/mol. The lowest BCUT2D eigenvalue weighted by Crippen LogP contribution is -2.28. The fourth-order valence-corrected chi connectivity index (χ4v) is 3.82. The molecular formula is C18H19ClN2OS. The maximum atomic E-state index is 12.6. The van der Waals surface area contributed by atoms with Gasteiger partial charge in [0.05, 0.1) is 10.2 Å². The normalized spacial score (nSPS) is 11.3. The highest BCUT2D eigenvalue weighted by Gasteiger charge is 2.17. The molecule has 0 aliphatic carbocycles. The Morgan fingerprint density at radius 1 is 1.30 bits per heavy atom. The minimum Gasteiger partial charge on any atom is -0.350 e. The third-order valence-corrected chi connectivity index (χ3v) is 5.07. The molecule has 1 N–H and O–H groups in total. The molecule has 0 aliphatic rings. The van der Waals surface area contributed by atoms with Crippen LogP contribution in [0, 0.1) is 0 Å². The number of halogens is 1. The minimum atomic E-state index is -0.0332. The van der Waals surface area contributed by atoms with E-state index in [0.29, 0.717) is 6.54 Å². The molecule has 3 aromatic rings. The van der Waals surface area contributed by atoms with E-state index in [1.165, 1.54) is 0 Å². The van der Waals surface area contributed by atoms with E-state index in [2.05, 4.69) is 35.2 Å². The second-order valence-electron chi connectivity index (χ2n) is 5.76. The number of aromatic nitrogens is 1. The molecule has 0 fully saturated rings. The first-order valence-corrected chi connectivity index (χ1v) is 8.93. The Morgan fingerprint density at radius 3 is 2.83 bits per heavy atom. The van der Waals surface area contributed by atoms with Crippen molar-refractivity contribution in [3.63, 3.8) is 0 Å². The molecule has 0 saturated heterocycles. The van der Waals surface area contributed by atoms with Gasteiger partial charge in [0.25, 0.3) is 5.91 Å². The van der Waals surface area contributed by atoms with Crippen molar-refractivity contribution in [1.82, 2.24) is 9.88 Å². The average Bonchev–Trinajstić information content (AvgIpc) is 3.09. The van der Waals surface area contributed by atoms with Gasteiger partial charge in [0, 0.05) is 17.6 Å². The van der Waals surface area contributed by atoms with E-state index in [4.69, 9.17) is 11.6 Å². The van der Waals surface area contributed by atoms with Crippen LogP contribution in [0.25, 0.3) is 10.2 Å². The summed E-state index contributed by atoms with van der Waals surface area (Å²) in [5, 5.41) is 5.81. The predicted molar refractivity (Wildman–Crippen MR) is 97.7 cm³/mol. The molecule has 0 radical (unpaired) electrons. The van der Waals surface area contributed by atoms with Crippen molar-refractivity contribution in [2.24, 2.45) is 0 Å². The van der Waals surface area contributed by atoms with Crippen molar-refractivity contribution >= 4 is 39.1 Å². The number of rotatable bonds is 5. The van der Waals surface area contributed by atoms with Crippen LogP contribution < -0.4 is 5.32 Å². The number of carbonyl (C=O) groups is 1. The first-order valence-electron chi connectivity index (χ1n) is 7.68. The van der Waals surface area contributed by atoms with Crippen LogP contribution in [-0.2, 0) is 6.42 Å². The number of hydrogen-bond donors (Lipinski definition) is 1. The van der Waals surface area contributed by atoms with Crippen LogP contribution in [0.1, 0.15) is 35.9 Å². The molecule has 2 aromatic heterocycles. The maximum Gasteiger partial charge on any atom is 0.267 e. The first-order chi connectivity index (χ1) is 11.1. The highest BCUT2D eigenvalue weighted by Crippen LogP contribution is 2.28. The van der Waals surface area contributed by atoms with Gasteiger partial charge in [-0.3, -0.25) is 4.79 Å². The molecule has 1 amide bonds. The topological polar surface area (TPSA) is 34.0 Å². The van der Waals surface area contributed by atoms with Crippen LogP contribution in [0.3, 0.4) is 0 Å². The number of hydrogen-bond acceptors (Lipinski definition) is 2. The third kappa shape index (κ3) is 3.28. The Morgan fingerprint density at radius 2 is 2.09 bits per heavy atom. The molecule has 3 nitrogen and oxygen atoms in total. The van der Waals surface area contributed by atoms with E-state index in [9.17, 15) is 4.79 Å². The van der Waals surface area contributed by atoms with Crippen LogP contribution in [0.4, 0.5) is 0 Å². The zero-order valence-electron chi connectivity index (χ0n) is 13.2. The highest BCUT2D eigenvalue weighted by molar-refractivity contribution is 7.17. The van der Waals surface area contributed by atoms with Gasteiger partial charge in [-0.1, -0.05) is 29.8 Å². The van der Waals surface area contributed by atoms with Gasteiger partial charge in [-0.15, -0.1) is 11.3 Å². The Kier molecular flexibility index (Phi) is 4.74. The lowest BCUT2D eigenvalue weighted by Gasteiger charge is -2.14. The SMILES string of the molecule is CC(C)n1c(C(=O)NCCc2ccccc2Cl)cc2sccc21. The summed E-state index contributed by atoms with van der Waals surface area (Å²) >= 11 is 7.81. The number of nitrogens with one attached hydrogen (secondary N) is 1. The maximum absolute atomic E-state index is 12.6. The second-order valence-corrected chi connectivity index (χ2v) is 7.12. The van der Waals surface area contributed by atoms with Gasteiger partial charge in [-0.05, 0) is 49.4 Å². The van der Waals surface area contributed by atoms with E-state index >= 15 is 0 Å². The summed E-state index contributed by atoms with van der Waals surface area (Å²) in [6.07, 6.45) is 0.724. The predicted octanol–water partition coefficient (Wildman–Crippen LogP) is 4.91. The number of carbonyl (C=O) groups excluding carboxylic acids is 1. The number of amides is 1. The molecule has 2 heterocycles. The minimum absolute atomic E-state index is 0.0332. The molecule has 120 valence electrons. The van der Waals surface area contributed by atoms with Gasteiger partial charge in [0.1, 0.15) is 5.69 Å². The van der Waals surface area contributed by atoms with E-state index < -0.39 is 0 Å². The largest absolute Gasteiger partial charge is 0.350 e. The number of fused-ring (bicyclic) bond motifs is 1. The molecule has 0 saturated carbocycles. The van der Waals surface area contributed by atoms with Crippen molar-refractivity contribution in [2.45, 2.75) is 26.3 Å². The molecule has 0 atom stereocenters. The summed E-state index contributed by atoms with van der Waals surface area (Å²) in [7, 11) is 0. The summed E-state index contributed by atoms with van der Waals surface area (Å²) in [5.41, 5.74) is 2.90. The van der Waals surface area contributed by atoms with Gasteiger partial charge in [0.15, 0.2) is 0 Å². The summed E-state index contributed by atoms with van der Waals surface area (Å²) in [4.78, 5) is 12.6. The molecule has 0 unspecified atom stereocenters. The third-order valence-electron chi connectivity index (χ3n) is 3.85. The molecular weight excluding hydrogens is 328 g/mol. The van der Waals surface area contributed by atoms with Crippen molar-refractivity contribution in [2.75, 3.05) is 6.54 Å². The summed E-state index contributed by atoms with van der Waals surface area (Å²) in [5.74, 6) is -0.0332. The summed E-state index contributed by atoms with van der Waals surface area (Å²) in [6.45, 7) is 4.76. The van der Waals surface area contributed by atoms with Gasteiger partial charge in [-0.25, -0.2) is 0 Å². The van der Waals surface area contributed by atoms with Crippen molar-refractivity contribution in [3.05, 3.63) is 58.1 Å². The second kappa shape index (κ2) is 6.77. The Bertz CT molecular complexity index is 835. The van der Waals surface area contributed by atoms with Gasteiger partial charge in [-0.2, -0.15) is 0 Å². The quantitative estimate of drug-likeness (QED) is 0.699. The average molecular weight is 347 g/mol. The van der Waals surface area contributed by atoms with Crippen LogP contribution in [0.5, 0.6) is 0 Å². The van der Waals surface area contributed by atoms with Gasteiger partial charge >= 0.3 is 0 Å². The van der Waals surface area contributed by atoms with Crippen molar-refractivity contribution in [1.29, 1.82) is 0 Å². The van der Waals surface area contributed by atoms with E-state index in [1.807, 2.05) is 30.3 Å². The zero-order valence-corrected chi connectivity index (χ0v) is 14.7. The highest BCUT2D eigenvalue weighted by atomic mass is 35.5. The summed E-state index contributed by atoms with van der Waals surface area (Å²) in [6, 6.07) is 12.0. The lowest BCUT2D eigenvalue weighted by molar-refractivity contribution is 0.0944. The summed E-state index contributed by atoms with van der Waals surface area (Å²) < 4.78 is 3.24. The van der Waals surface area contributed by atoms with Gasteiger partial charge in [0.2, 0.25) is 0 Å². The van der Waals surface area contributed by atoms with Crippen LogP contribution >= 0.6 is 22.9 Å². The van der Waals surface area contributed by atoms with Crippen molar-refractivity contribution in [3.8, 4) is 0 Å². The Balaban J connectivity index is 1.72. The van der Waals surface area contributed by atoms with Crippen LogP contribution in [-0.4, -0.2) is 17.0 Å². The molecule has 3 rings (SSSR count). The Hall–Kier alpha value is -1.78. The molecule has 1 aromatic carbocycles. The number of nitrogens with zero attached hydrogens (tertiary/aromatic N) is 1.